The van der Waals surface area contributed by atoms with Gasteiger partial charge >= 0.3 is 0 Å². The van der Waals surface area contributed by atoms with E-state index in [0.717, 1.165) is 16.9 Å². The van der Waals surface area contributed by atoms with Crippen LogP contribution in [0.2, 0.25) is 19.6 Å². The van der Waals surface area contributed by atoms with Crippen molar-refractivity contribution in [2.45, 2.75) is 26.6 Å². The average Bonchev–Trinajstić information content (AvgIpc) is 2.50. The van der Waals surface area contributed by atoms with E-state index >= 15 is 0 Å². The number of hydrogen-bond donors (Lipinski definition) is 0. The van der Waals surface area contributed by atoms with Gasteiger partial charge in [0.1, 0.15) is 11.3 Å². The van der Waals surface area contributed by atoms with Crippen LogP contribution in [-0.4, -0.2) is 8.07 Å². The summed E-state index contributed by atoms with van der Waals surface area (Å²) in [5, 5.41) is 2.59. The molecule has 0 atom stereocenters. The Kier molecular flexibility index (Phi) is 2.54. The highest BCUT2D eigenvalue weighted by Crippen LogP contribution is 2.26. The molecule has 2 heteroatoms. The lowest BCUT2D eigenvalue weighted by Gasteiger charge is -2.16. The Morgan fingerprint density at radius 3 is 2.50 bits per heavy atom. The topological polar surface area (TPSA) is 13.1 Å². The first kappa shape index (κ1) is 11.2. The molecule has 2 aromatic rings. The fourth-order valence-electron chi connectivity index (χ4n) is 2.10. The first-order valence-electron chi connectivity index (χ1n) is 5.60. The lowest BCUT2D eigenvalue weighted by molar-refractivity contribution is 0.579. The smallest absolute Gasteiger partial charge is 0.134 e. The predicted molar refractivity (Wildman–Crippen MR) is 74.0 cm³/mol. The molecule has 0 aliphatic rings. The molecule has 2 rings (SSSR count). The monoisotopic (exact) mass is 230 g/mol. The second-order valence-corrected chi connectivity index (χ2v) is 10.2. The number of hydrogen-bond acceptors (Lipinski definition) is 1. The van der Waals surface area contributed by atoms with Gasteiger partial charge in [-0.3, -0.25) is 0 Å². The van der Waals surface area contributed by atoms with Gasteiger partial charge in [-0.1, -0.05) is 50.5 Å². The van der Waals surface area contributed by atoms with Gasteiger partial charge in [-0.05, 0) is 12.1 Å². The van der Waals surface area contributed by atoms with Crippen LogP contribution in [0.1, 0.15) is 11.3 Å². The van der Waals surface area contributed by atoms with E-state index in [1.54, 1.807) is 0 Å². The lowest BCUT2D eigenvalue weighted by Crippen LogP contribution is -2.37. The fourth-order valence-corrected chi connectivity index (χ4v) is 3.56. The highest BCUT2D eigenvalue weighted by molar-refractivity contribution is 6.90. The summed E-state index contributed by atoms with van der Waals surface area (Å²) in [6, 6.07) is 6.44. The number of furan rings is 1. The molecule has 1 aromatic heterocycles. The maximum Gasteiger partial charge on any atom is 0.134 e. The molecule has 0 N–H and O–H groups in total. The van der Waals surface area contributed by atoms with E-state index in [-0.39, 0.29) is 0 Å². The standard InChI is InChI=1S/C14H18OSi/c1-6-11-10(2)15-14-12(11)8-7-9-13(14)16(3,4)5/h6-9H,1H2,2-5H3. The van der Waals surface area contributed by atoms with Crippen molar-refractivity contribution in [3.05, 3.63) is 36.1 Å². The van der Waals surface area contributed by atoms with Gasteiger partial charge in [0.25, 0.3) is 0 Å². The summed E-state index contributed by atoms with van der Waals surface area (Å²) in [7, 11) is -1.35. The Hall–Kier alpha value is -1.28. The normalized spacial score (nSPS) is 12.0. The Morgan fingerprint density at radius 2 is 1.94 bits per heavy atom. The summed E-state index contributed by atoms with van der Waals surface area (Å²) in [4.78, 5) is 0. The Balaban J connectivity index is 2.85. The van der Waals surface area contributed by atoms with Gasteiger partial charge in [-0.2, -0.15) is 0 Å². The minimum atomic E-state index is -1.35. The van der Waals surface area contributed by atoms with E-state index in [1.807, 2.05) is 13.0 Å². The van der Waals surface area contributed by atoms with E-state index in [4.69, 9.17) is 4.42 Å². The molecule has 1 aromatic carbocycles. The minimum absolute atomic E-state index is 0.968. The molecule has 0 saturated carbocycles. The molecule has 0 aliphatic carbocycles. The lowest BCUT2D eigenvalue weighted by atomic mass is 10.1. The molecule has 0 fully saturated rings. The molecule has 0 saturated heterocycles. The van der Waals surface area contributed by atoms with Crippen molar-refractivity contribution in [2.24, 2.45) is 0 Å². The number of rotatable bonds is 2. The first-order chi connectivity index (χ1) is 7.45. The molecule has 0 unspecified atom stereocenters. The van der Waals surface area contributed by atoms with Crippen LogP contribution in [0.4, 0.5) is 0 Å². The second kappa shape index (κ2) is 3.63. The van der Waals surface area contributed by atoms with Gasteiger partial charge < -0.3 is 4.42 Å². The van der Waals surface area contributed by atoms with Crippen molar-refractivity contribution in [3.8, 4) is 0 Å². The van der Waals surface area contributed by atoms with Gasteiger partial charge in [0.2, 0.25) is 0 Å². The molecule has 0 aliphatic heterocycles. The van der Waals surface area contributed by atoms with Crippen LogP contribution in [0.5, 0.6) is 0 Å². The van der Waals surface area contributed by atoms with Gasteiger partial charge in [-0.25, -0.2) is 0 Å². The molecular formula is C14H18OSi. The summed E-state index contributed by atoms with van der Waals surface area (Å²) in [5.74, 6) is 0.968. The molecule has 84 valence electrons. The van der Waals surface area contributed by atoms with Crippen LogP contribution in [0, 0.1) is 6.92 Å². The van der Waals surface area contributed by atoms with E-state index in [9.17, 15) is 0 Å². The third-order valence-electron chi connectivity index (χ3n) is 2.95. The Morgan fingerprint density at radius 1 is 1.25 bits per heavy atom. The maximum absolute atomic E-state index is 5.91. The van der Waals surface area contributed by atoms with Crippen LogP contribution < -0.4 is 5.19 Å². The molecule has 0 amide bonds. The summed E-state index contributed by atoms with van der Waals surface area (Å²) >= 11 is 0. The van der Waals surface area contributed by atoms with E-state index in [1.165, 1.54) is 10.6 Å². The van der Waals surface area contributed by atoms with Crippen LogP contribution in [0.25, 0.3) is 17.0 Å². The van der Waals surface area contributed by atoms with E-state index in [2.05, 4.69) is 44.4 Å². The van der Waals surface area contributed by atoms with Crippen LogP contribution >= 0.6 is 0 Å². The van der Waals surface area contributed by atoms with Gasteiger partial charge in [-0.15, -0.1) is 0 Å². The molecule has 0 spiro atoms. The first-order valence-corrected chi connectivity index (χ1v) is 9.10. The second-order valence-electron chi connectivity index (χ2n) is 5.21. The minimum Gasteiger partial charge on any atom is -0.461 e. The van der Waals surface area contributed by atoms with Gasteiger partial charge in [0.05, 0.1) is 8.07 Å². The Labute approximate surface area is 97.8 Å². The molecule has 1 heterocycles. The molecule has 0 radical (unpaired) electrons. The van der Waals surface area contributed by atoms with E-state index in [0.29, 0.717) is 0 Å². The maximum atomic E-state index is 5.91. The zero-order valence-corrected chi connectivity index (χ0v) is 11.4. The molecule has 16 heavy (non-hydrogen) atoms. The van der Waals surface area contributed by atoms with E-state index < -0.39 is 8.07 Å². The van der Waals surface area contributed by atoms with Crippen LogP contribution in [-0.2, 0) is 0 Å². The molecule has 0 bridgehead atoms. The third kappa shape index (κ3) is 1.63. The number of para-hydroxylation sites is 1. The summed E-state index contributed by atoms with van der Waals surface area (Å²) in [6.07, 6.45) is 1.88. The fraction of sp³-hybridized carbons (Fsp3) is 0.286. The van der Waals surface area contributed by atoms with Crippen molar-refractivity contribution in [2.75, 3.05) is 0 Å². The molecular weight excluding hydrogens is 212 g/mol. The SMILES string of the molecule is C=Cc1c(C)oc2c([Si](C)(C)C)cccc12. The summed E-state index contributed by atoms with van der Waals surface area (Å²) < 4.78 is 5.91. The number of aryl methyl sites for hydroxylation is 1. The predicted octanol–water partition coefficient (Wildman–Crippen LogP) is 3.93. The number of fused-ring (bicyclic) bond motifs is 1. The largest absolute Gasteiger partial charge is 0.461 e. The summed E-state index contributed by atoms with van der Waals surface area (Å²) in [5.41, 5.74) is 2.20. The van der Waals surface area contributed by atoms with Crippen molar-refractivity contribution < 1.29 is 4.42 Å². The van der Waals surface area contributed by atoms with Crippen LogP contribution in [0.15, 0.2) is 29.2 Å². The third-order valence-corrected chi connectivity index (χ3v) is 4.96. The highest BCUT2D eigenvalue weighted by atomic mass is 28.3. The van der Waals surface area contributed by atoms with Crippen molar-refractivity contribution in [3.63, 3.8) is 0 Å². The molecule has 1 nitrogen and oxygen atoms in total. The van der Waals surface area contributed by atoms with Crippen molar-refractivity contribution >= 4 is 30.3 Å². The van der Waals surface area contributed by atoms with Gasteiger partial charge in [0, 0.05) is 10.9 Å². The summed E-state index contributed by atoms with van der Waals surface area (Å²) in [6.45, 7) is 12.9. The highest BCUT2D eigenvalue weighted by Gasteiger charge is 2.22. The Bertz CT molecular complexity index is 544. The zero-order valence-electron chi connectivity index (χ0n) is 10.4. The van der Waals surface area contributed by atoms with Crippen LogP contribution in [0.3, 0.4) is 0 Å². The van der Waals surface area contributed by atoms with Crippen molar-refractivity contribution in [1.82, 2.24) is 0 Å². The average molecular weight is 230 g/mol. The quantitative estimate of drug-likeness (QED) is 0.712. The number of benzene rings is 1. The van der Waals surface area contributed by atoms with Crippen molar-refractivity contribution in [1.29, 1.82) is 0 Å². The zero-order chi connectivity index (χ0) is 11.9. The van der Waals surface area contributed by atoms with Gasteiger partial charge in [0.15, 0.2) is 0 Å².